The minimum atomic E-state index is -0.711. The van der Waals surface area contributed by atoms with Crippen molar-refractivity contribution >= 4 is 24.0 Å². The van der Waals surface area contributed by atoms with Crippen molar-refractivity contribution in [3.63, 3.8) is 0 Å². The number of esters is 1. The Labute approximate surface area is 152 Å². The molecule has 0 aliphatic carbocycles. The van der Waals surface area contributed by atoms with Crippen LogP contribution in [0.3, 0.4) is 0 Å². The van der Waals surface area contributed by atoms with E-state index in [0.717, 1.165) is 0 Å². The maximum absolute atomic E-state index is 11.7. The zero-order valence-corrected chi connectivity index (χ0v) is 15.3. The van der Waals surface area contributed by atoms with Crippen molar-refractivity contribution in [1.82, 2.24) is 10.6 Å². The molecule has 8 nitrogen and oxygen atoms in total. The Morgan fingerprint density at radius 2 is 1.81 bits per heavy atom. The summed E-state index contributed by atoms with van der Waals surface area (Å²) in [5.74, 6) is -0.0681. The van der Waals surface area contributed by atoms with Crippen molar-refractivity contribution < 1.29 is 28.6 Å². The van der Waals surface area contributed by atoms with Crippen molar-refractivity contribution in [2.75, 3.05) is 27.4 Å². The summed E-state index contributed by atoms with van der Waals surface area (Å²) in [7, 11) is 3.04. The quantitative estimate of drug-likeness (QED) is 0.538. The van der Waals surface area contributed by atoms with Crippen molar-refractivity contribution in [2.45, 2.75) is 13.8 Å². The highest BCUT2D eigenvalue weighted by Gasteiger charge is 2.10. The molecule has 0 heterocycles. The van der Waals surface area contributed by atoms with Gasteiger partial charge in [-0.25, -0.2) is 9.59 Å². The molecule has 0 atom stereocenters. The lowest BCUT2D eigenvalue weighted by Crippen LogP contribution is -2.42. The molecule has 2 N–H and O–H groups in total. The maximum atomic E-state index is 11.7. The molecule has 0 spiro atoms. The number of carbonyl (C=O) groups is 3. The van der Waals surface area contributed by atoms with Gasteiger partial charge in [0.05, 0.1) is 14.2 Å². The summed E-state index contributed by atoms with van der Waals surface area (Å²) in [6.07, 6.45) is 2.69. The molecular formula is C18H24N2O6. The monoisotopic (exact) mass is 364 g/mol. The zero-order valence-electron chi connectivity index (χ0n) is 15.3. The molecule has 1 aromatic carbocycles. The van der Waals surface area contributed by atoms with E-state index >= 15 is 0 Å². The van der Waals surface area contributed by atoms with Crippen LogP contribution in [0.5, 0.6) is 11.5 Å². The number of carbonyl (C=O) groups excluding carboxylic acids is 3. The number of urea groups is 1. The fourth-order valence-corrected chi connectivity index (χ4v) is 1.81. The Hall–Kier alpha value is -3.03. The molecule has 0 bridgehead atoms. The highest BCUT2D eigenvalue weighted by Crippen LogP contribution is 2.27. The highest BCUT2D eigenvalue weighted by atomic mass is 16.5. The minimum absolute atomic E-state index is 0.260. The SMILES string of the molecule is COc1ccc(/C=C/C(=O)OCC(=O)NC(=O)NCC(C)C)cc1OC. The van der Waals surface area contributed by atoms with Crippen LogP contribution in [-0.2, 0) is 14.3 Å². The number of amides is 3. The predicted octanol–water partition coefficient (Wildman–Crippen LogP) is 1.74. The Morgan fingerprint density at radius 1 is 1.12 bits per heavy atom. The normalized spacial score (nSPS) is 10.5. The number of methoxy groups -OCH3 is 2. The van der Waals surface area contributed by atoms with Crippen LogP contribution < -0.4 is 20.1 Å². The third-order valence-electron chi connectivity index (χ3n) is 3.09. The van der Waals surface area contributed by atoms with E-state index in [-0.39, 0.29) is 5.92 Å². The first-order valence-corrected chi connectivity index (χ1v) is 8.00. The van der Waals surface area contributed by atoms with Gasteiger partial charge in [-0.2, -0.15) is 0 Å². The number of imide groups is 1. The summed E-state index contributed by atoms with van der Waals surface area (Å²) >= 11 is 0. The average molecular weight is 364 g/mol. The summed E-state index contributed by atoms with van der Waals surface area (Å²) in [6, 6.07) is 4.50. The number of hydrogen-bond acceptors (Lipinski definition) is 6. The molecule has 1 rings (SSSR count). The number of ether oxygens (including phenoxy) is 3. The Bertz CT molecular complexity index is 670. The summed E-state index contributed by atoms with van der Waals surface area (Å²) in [6.45, 7) is 3.74. The molecule has 0 saturated carbocycles. The summed E-state index contributed by atoms with van der Waals surface area (Å²) < 4.78 is 15.1. The lowest BCUT2D eigenvalue weighted by molar-refractivity contribution is -0.143. The van der Waals surface area contributed by atoms with Gasteiger partial charge < -0.3 is 19.5 Å². The summed E-state index contributed by atoms with van der Waals surface area (Å²) in [5, 5.41) is 4.59. The fourth-order valence-electron chi connectivity index (χ4n) is 1.81. The highest BCUT2D eigenvalue weighted by molar-refractivity contribution is 5.96. The van der Waals surface area contributed by atoms with Gasteiger partial charge in [0.1, 0.15) is 0 Å². The first-order valence-electron chi connectivity index (χ1n) is 8.00. The first kappa shape index (κ1) is 21.0. The molecule has 1 aromatic rings. The summed E-state index contributed by atoms with van der Waals surface area (Å²) in [4.78, 5) is 34.6. The van der Waals surface area contributed by atoms with Crippen LogP contribution in [0.1, 0.15) is 19.4 Å². The third-order valence-corrected chi connectivity index (χ3v) is 3.09. The van der Waals surface area contributed by atoms with E-state index in [4.69, 9.17) is 14.2 Å². The van der Waals surface area contributed by atoms with Gasteiger partial charge in [0.15, 0.2) is 18.1 Å². The lowest BCUT2D eigenvalue weighted by Gasteiger charge is -2.08. The van der Waals surface area contributed by atoms with Crippen LogP contribution in [-0.4, -0.2) is 45.3 Å². The molecule has 3 amide bonds. The van der Waals surface area contributed by atoms with Gasteiger partial charge >= 0.3 is 12.0 Å². The molecule has 142 valence electrons. The van der Waals surface area contributed by atoms with Gasteiger partial charge in [-0.05, 0) is 29.7 Å². The van der Waals surface area contributed by atoms with E-state index in [1.165, 1.54) is 26.4 Å². The van der Waals surface area contributed by atoms with Gasteiger partial charge in [-0.15, -0.1) is 0 Å². The molecule has 8 heteroatoms. The van der Waals surface area contributed by atoms with Gasteiger partial charge in [-0.3, -0.25) is 10.1 Å². The van der Waals surface area contributed by atoms with Crippen LogP contribution in [0.25, 0.3) is 6.08 Å². The molecule has 0 fully saturated rings. The standard InChI is InChI=1S/C18H24N2O6/c1-12(2)10-19-18(23)20-16(21)11-26-17(22)8-6-13-5-7-14(24-3)15(9-13)25-4/h5-9,12H,10-11H2,1-4H3,(H2,19,20,21,23)/b8-6+. The predicted molar refractivity (Wildman–Crippen MR) is 95.9 cm³/mol. The molecule has 0 radical (unpaired) electrons. The van der Waals surface area contributed by atoms with Crippen LogP contribution in [0.4, 0.5) is 4.79 Å². The Balaban J connectivity index is 2.45. The molecule has 0 aliphatic heterocycles. The minimum Gasteiger partial charge on any atom is -0.493 e. The maximum Gasteiger partial charge on any atom is 0.331 e. The van der Waals surface area contributed by atoms with Crippen molar-refractivity contribution in [1.29, 1.82) is 0 Å². The summed E-state index contributed by atoms with van der Waals surface area (Å²) in [5.41, 5.74) is 0.692. The van der Waals surface area contributed by atoms with E-state index in [9.17, 15) is 14.4 Å². The average Bonchev–Trinajstić information content (AvgIpc) is 2.62. The molecular weight excluding hydrogens is 340 g/mol. The van der Waals surface area contributed by atoms with Gasteiger partial charge in [0.2, 0.25) is 0 Å². The van der Waals surface area contributed by atoms with Crippen LogP contribution >= 0.6 is 0 Å². The van der Waals surface area contributed by atoms with Crippen molar-refractivity contribution in [3.05, 3.63) is 29.8 Å². The second kappa shape index (κ2) is 10.8. The van der Waals surface area contributed by atoms with Crippen molar-refractivity contribution in [2.24, 2.45) is 5.92 Å². The molecule has 26 heavy (non-hydrogen) atoms. The molecule has 0 aliphatic rings. The van der Waals surface area contributed by atoms with E-state index < -0.39 is 24.5 Å². The third kappa shape index (κ3) is 7.69. The van der Waals surface area contributed by atoms with Gasteiger partial charge in [-0.1, -0.05) is 19.9 Å². The van der Waals surface area contributed by atoms with Gasteiger partial charge in [0, 0.05) is 12.6 Å². The topological polar surface area (TPSA) is 103 Å². The van der Waals surface area contributed by atoms with Crippen LogP contribution in [0, 0.1) is 5.92 Å². The molecule has 0 unspecified atom stereocenters. The van der Waals surface area contributed by atoms with E-state index in [2.05, 4.69) is 10.6 Å². The number of rotatable bonds is 8. The Morgan fingerprint density at radius 3 is 2.42 bits per heavy atom. The largest absolute Gasteiger partial charge is 0.493 e. The molecule has 0 saturated heterocycles. The van der Waals surface area contributed by atoms with Gasteiger partial charge in [0.25, 0.3) is 5.91 Å². The van der Waals surface area contributed by atoms with E-state index in [1.807, 2.05) is 13.8 Å². The fraction of sp³-hybridized carbons (Fsp3) is 0.389. The van der Waals surface area contributed by atoms with Crippen LogP contribution in [0.2, 0.25) is 0 Å². The number of nitrogens with one attached hydrogen (secondary N) is 2. The smallest absolute Gasteiger partial charge is 0.331 e. The Kier molecular flexibility index (Phi) is 8.69. The number of benzene rings is 1. The second-order valence-electron chi connectivity index (χ2n) is 5.71. The van der Waals surface area contributed by atoms with E-state index in [1.54, 1.807) is 18.2 Å². The van der Waals surface area contributed by atoms with Crippen molar-refractivity contribution in [3.8, 4) is 11.5 Å². The molecule has 0 aromatic heterocycles. The second-order valence-corrected chi connectivity index (χ2v) is 5.71. The zero-order chi connectivity index (χ0) is 19.5. The lowest BCUT2D eigenvalue weighted by atomic mass is 10.2. The van der Waals surface area contributed by atoms with E-state index in [0.29, 0.717) is 23.6 Å². The van der Waals surface area contributed by atoms with Crippen LogP contribution in [0.15, 0.2) is 24.3 Å². The number of hydrogen-bond donors (Lipinski definition) is 2. The first-order chi connectivity index (χ1) is 12.3.